The van der Waals surface area contributed by atoms with Gasteiger partial charge in [-0.25, -0.2) is 0 Å². The Kier molecular flexibility index (Phi) is 6.92. The molecule has 0 aliphatic heterocycles. The van der Waals surface area contributed by atoms with E-state index in [1.54, 1.807) is 18.3 Å². The topological polar surface area (TPSA) is 65.9 Å². The Morgan fingerprint density at radius 2 is 2.17 bits per heavy atom. The highest BCUT2D eigenvalue weighted by Gasteiger charge is 2.13. The van der Waals surface area contributed by atoms with Crippen LogP contribution in [-0.2, 0) is 0 Å². The van der Waals surface area contributed by atoms with Crippen LogP contribution >= 0.6 is 23.8 Å². The lowest BCUT2D eigenvalue weighted by Gasteiger charge is -2.23. The number of hydrogen-bond acceptors (Lipinski definition) is 4. The number of hydrazone groups is 1. The summed E-state index contributed by atoms with van der Waals surface area (Å²) in [6.07, 6.45) is 7.68. The summed E-state index contributed by atoms with van der Waals surface area (Å²) < 4.78 is 5.33. The van der Waals surface area contributed by atoms with Crippen molar-refractivity contribution >= 4 is 35.1 Å². The van der Waals surface area contributed by atoms with Crippen molar-refractivity contribution < 1.29 is 9.84 Å². The summed E-state index contributed by atoms with van der Waals surface area (Å²) in [7, 11) is 0. The van der Waals surface area contributed by atoms with Crippen LogP contribution in [-0.4, -0.2) is 29.1 Å². The van der Waals surface area contributed by atoms with Gasteiger partial charge in [0, 0.05) is 6.04 Å². The van der Waals surface area contributed by atoms with E-state index in [2.05, 4.69) is 15.8 Å². The van der Waals surface area contributed by atoms with Crippen molar-refractivity contribution in [1.82, 2.24) is 10.7 Å². The third-order valence-electron chi connectivity index (χ3n) is 3.67. The number of aromatic hydroxyl groups is 1. The number of rotatable bonds is 5. The lowest BCUT2D eigenvalue weighted by Crippen LogP contribution is -2.40. The van der Waals surface area contributed by atoms with Crippen molar-refractivity contribution in [3.63, 3.8) is 0 Å². The maximum absolute atomic E-state index is 9.80. The molecule has 1 aliphatic rings. The first-order chi connectivity index (χ1) is 11.1. The number of benzene rings is 1. The Balaban J connectivity index is 1.90. The molecule has 0 radical (unpaired) electrons. The molecule has 3 N–H and O–H groups in total. The van der Waals surface area contributed by atoms with Crippen LogP contribution in [0, 0.1) is 0 Å². The largest absolute Gasteiger partial charge is 0.503 e. The third kappa shape index (κ3) is 5.55. The van der Waals surface area contributed by atoms with Crippen LogP contribution in [0.3, 0.4) is 0 Å². The van der Waals surface area contributed by atoms with Crippen LogP contribution in [0.2, 0.25) is 5.02 Å². The van der Waals surface area contributed by atoms with Crippen LogP contribution in [0.25, 0.3) is 0 Å². The van der Waals surface area contributed by atoms with Crippen molar-refractivity contribution in [2.24, 2.45) is 5.10 Å². The Morgan fingerprint density at radius 1 is 1.43 bits per heavy atom. The molecule has 1 aliphatic carbocycles. The minimum atomic E-state index is -0.0619. The predicted octanol–water partition coefficient (Wildman–Crippen LogP) is 3.58. The van der Waals surface area contributed by atoms with Crippen LogP contribution < -0.4 is 15.5 Å². The minimum absolute atomic E-state index is 0.0619. The van der Waals surface area contributed by atoms with Gasteiger partial charge in [-0.1, -0.05) is 30.9 Å². The quantitative estimate of drug-likeness (QED) is 0.428. The fraction of sp³-hybridized carbons (Fsp3) is 0.500. The molecule has 1 saturated carbocycles. The zero-order valence-corrected chi connectivity index (χ0v) is 14.7. The summed E-state index contributed by atoms with van der Waals surface area (Å²) in [6, 6.07) is 3.72. The smallest absolute Gasteiger partial charge is 0.187 e. The van der Waals surface area contributed by atoms with Gasteiger partial charge in [0.2, 0.25) is 0 Å². The summed E-state index contributed by atoms with van der Waals surface area (Å²) in [4.78, 5) is 0. The van der Waals surface area contributed by atoms with Gasteiger partial charge in [-0.05, 0) is 49.7 Å². The van der Waals surface area contributed by atoms with Crippen molar-refractivity contribution in [2.75, 3.05) is 6.61 Å². The number of hydrogen-bond donors (Lipinski definition) is 3. The molecule has 0 aromatic heterocycles. The molecule has 0 heterocycles. The molecule has 0 atom stereocenters. The molecular formula is C16H22ClN3O2S. The number of ether oxygens (including phenoxy) is 1. The molecule has 1 aromatic rings. The normalized spacial score (nSPS) is 15.6. The molecule has 0 bridgehead atoms. The van der Waals surface area contributed by atoms with Gasteiger partial charge in [-0.2, -0.15) is 5.10 Å². The lowest BCUT2D eigenvalue weighted by atomic mass is 9.96. The van der Waals surface area contributed by atoms with E-state index in [-0.39, 0.29) is 10.8 Å². The summed E-state index contributed by atoms with van der Waals surface area (Å²) in [5.74, 6) is 0.275. The molecule has 7 heteroatoms. The van der Waals surface area contributed by atoms with Crippen LogP contribution in [0.5, 0.6) is 11.5 Å². The van der Waals surface area contributed by atoms with Crippen molar-refractivity contribution in [1.29, 1.82) is 0 Å². The first-order valence-electron chi connectivity index (χ1n) is 7.85. The van der Waals surface area contributed by atoms with E-state index in [1.165, 1.54) is 19.3 Å². The third-order valence-corrected chi connectivity index (χ3v) is 4.17. The van der Waals surface area contributed by atoms with E-state index in [9.17, 15) is 5.11 Å². The van der Waals surface area contributed by atoms with Gasteiger partial charge in [-0.15, -0.1) is 0 Å². The second kappa shape index (κ2) is 8.93. The number of nitrogens with zero attached hydrogens (tertiary/aromatic N) is 1. The molecule has 0 saturated heterocycles. The van der Waals surface area contributed by atoms with Crippen molar-refractivity contribution in [2.45, 2.75) is 45.1 Å². The van der Waals surface area contributed by atoms with E-state index >= 15 is 0 Å². The summed E-state index contributed by atoms with van der Waals surface area (Å²) in [5.41, 5.74) is 3.52. The molecular weight excluding hydrogens is 334 g/mol. The molecule has 0 spiro atoms. The van der Waals surface area contributed by atoms with E-state index in [0.29, 0.717) is 29.1 Å². The van der Waals surface area contributed by atoms with Gasteiger partial charge in [0.15, 0.2) is 16.6 Å². The van der Waals surface area contributed by atoms with Gasteiger partial charge < -0.3 is 15.2 Å². The monoisotopic (exact) mass is 355 g/mol. The van der Waals surface area contributed by atoms with Gasteiger partial charge in [-0.3, -0.25) is 5.43 Å². The van der Waals surface area contributed by atoms with Gasteiger partial charge in [0.1, 0.15) is 0 Å². The standard InChI is InChI=1S/C16H22ClN3O2S/c1-2-22-14-9-11(8-13(17)15(14)21)10-18-20-16(23)19-12-6-4-3-5-7-12/h8-10,12,21H,2-7H2,1H3,(H2,19,20,23)/b18-10-. The van der Waals surface area contributed by atoms with E-state index in [0.717, 1.165) is 12.8 Å². The summed E-state index contributed by atoms with van der Waals surface area (Å²) in [5, 5.41) is 17.9. The molecule has 126 valence electrons. The van der Waals surface area contributed by atoms with Crippen molar-refractivity contribution in [3.05, 3.63) is 22.7 Å². The average Bonchev–Trinajstić information content (AvgIpc) is 2.53. The van der Waals surface area contributed by atoms with Crippen LogP contribution in [0.15, 0.2) is 17.2 Å². The molecule has 0 amide bonds. The second-order valence-corrected chi connectivity index (χ2v) is 6.28. The molecule has 23 heavy (non-hydrogen) atoms. The Labute approximate surface area is 147 Å². The number of phenols is 1. The Morgan fingerprint density at radius 3 is 2.87 bits per heavy atom. The summed E-state index contributed by atoms with van der Waals surface area (Å²) >= 11 is 11.2. The SMILES string of the molecule is CCOc1cc(/C=N\NC(=S)NC2CCCCC2)cc(Cl)c1O. The highest BCUT2D eigenvalue weighted by molar-refractivity contribution is 7.80. The van der Waals surface area contributed by atoms with E-state index < -0.39 is 0 Å². The number of nitrogens with one attached hydrogen (secondary N) is 2. The fourth-order valence-electron chi connectivity index (χ4n) is 2.56. The first kappa shape index (κ1) is 17.8. The van der Waals surface area contributed by atoms with Crippen molar-refractivity contribution in [3.8, 4) is 11.5 Å². The Bertz CT molecular complexity index is 575. The van der Waals surface area contributed by atoms with Crippen LogP contribution in [0.4, 0.5) is 0 Å². The highest BCUT2D eigenvalue weighted by atomic mass is 35.5. The minimum Gasteiger partial charge on any atom is -0.503 e. The average molecular weight is 356 g/mol. The summed E-state index contributed by atoms with van der Waals surface area (Å²) in [6.45, 7) is 2.28. The van der Waals surface area contributed by atoms with Gasteiger partial charge in [0.25, 0.3) is 0 Å². The predicted molar refractivity (Wildman–Crippen MR) is 97.6 cm³/mol. The molecule has 1 fully saturated rings. The van der Waals surface area contributed by atoms with E-state index in [1.807, 2.05) is 6.92 Å². The first-order valence-corrected chi connectivity index (χ1v) is 8.63. The molecule has 0 unspecified atom stereocenters. The van der Waals surface area contributed by atoms with Gasteiger partial charge >= 0.3 is 0 Å². The zero-order chi connectivity index (χ0) is 16.7. The zero-order valence-electron chi connectivity index (χ0n) is 13.1. The molecule has 2 rings (SSSR count). The maximum Gasteiger partial charge on any atom is 0.187 e. The molecule has 1 aromatic carbocycles. The maximum atomic E-state index is 9.80. The number of halogens is 1. The number of phenolic OH excluding ortho intramolecular Hbond substituents is 1. The van der Waals surface area contributed by atoms with Crippen LogP contribution in [0.1, 0.15) is 44.6 Å². The van der Waals surface area contributed by atoms with E-state index in [4.69, 9.17) is 28.6 Å². The second-order valence-electron chi connectivity index (χ2n) is 5.46. The molecule has 5 nitrogen and oxygen atoms in total. The number of thiocarbonyl (C=S) groups is 1. The fourth-order valence-corrected chi connectivity index (χ4v) is 3.00. The highest BCUT2D eigenvalue weighted by Crippen LogP contribution is 2.34. The Hall–Kier alpha value is -1.53. The lowest BCUT2D eigenvalue weighted by molar-refractivity contribution is 0.318. The van der Waals surface area contributed by atoms with Gasteiger partial charge in [0.05, 0.1) is 17.8 Å².